The van der Waals surface area contributed by atoms with Crippen molar-refractivity contribution in [1.82, 2.24) is 19.6 Å². The second-order valence-corrected chi connectivity index (χ2v) is 5.95. The summed E-state index contributed by atoms with van der Waals surface area (Å²) in [7, 11) is 0. The Hall–Kier alpha value is -3.27. The minimum absolute atomic E-state index is 0.713. The van der Waals surface area contributed by atoms with Crippen LogP contribution in [0.15, 0.2) is 79.3 Å². The van der Waals surface area contributed by atoms with Gasteiger partial charge >= 0.3 is 0 Å². The SMILES string of the molecule is C/C(=C\Cc1nc2ccccn2n1)c1cccc(-c2cccnc2)c1. The Kier molecular flexibility index (Phi) is 4.09. The molecule has 4 nitrogen and oxygen atoms in total. The number of pyridine rings is 2. The Bertz CT molecular complexity index is 999. The third kappa shape index (κ3) is 3.33. The van der Waals surface area contributed by atoms with Crippen molar-refractivity contribution in [3.8, 4) is 11.1 Å². The van der Waals surface area contributed by atoms with Crippen LogP contribution in [0.3, 0.4) is 0 Å². The molecule has 0 fully saturated rings. The summed E-state index contributed by atoms with van der Waals surface area (Å²) in [6.07, 6.45) is 8.49. The molecule has 1 aromatic carbocycles. The van der Waals surface area contributed by atoms with E-state index in [4.69, 9.17) is 0 Å². The van der Waals surface area contributed by atoms with Gasteiger partial charge in [-0.3, -0.25) is 4.98 Å². The van der Waals surface area contributed by atoms with Crippen molar-refractivity contribution in [2.24, 2.45) is 0 Å². The highest BCUT2D eigenvalue weighted by molar-refractivity contribution is 5.71. The normalized spacial score (nSPS) is 11.8. The zero-order valence-electron chi connectivity index (χ0n) is 14.0. The molecule has 3 heterocycles. The van der Waals surface area contributed by atoms with E-state index < -0.39 is 0 Å². The van der Waals surface area contributed by atoms with Crippen molar-refractivity contribution in [1.29, 1.82) is 0 Å². The van der Waals surface area contributed by atoms with Gasteiger partial charge in [-0.25, -0.2) is 9.50 Å². The topological polar surface area (TPSA) is 43.1 Å². The predicted molar refractivity (Wildman–Crippen MR) is 100 cm³/mol. The van der Waals surface area contributed by atoms with E-state index in [2.05, 4.69) is 58.4 Å². The second kappa shape index (κ2) is 6.69. The average Bonchev–Trinajstić information content (AvgIpc) is 3.10. The predicted octanol–water partition coefficient (Wildman–Crippen LogP) is 4.44. The number of hydrogen-bond donors (Lipinski definition) is 0. The van der Waals surface area contributed by atoms with Gasteiger partial charge in [-0.15, -0.1) is 0 Å². The molecular weight excluding hydrogens is 308 g/mol. The first-order valence-corrected chi connectivity index (χ1v) is 8.27. The van der Waals surface area contributed by atoms with Crippen LogP contribution in [-0.4, -0.2) is 19.6 Å². The summed E-state index contributed by atoms with van der Waals surface area (Å²) < 4.78 is 1.81. The highest BCUT2D eigenvalue weighted by Crippen LogP contribution is 2.23. The van der Waals surface area contributed by atoms with Crippen LogP contribution in [0, 0.1) is 0 Å². The van der Waals surface area contributed by atoms with Gasteiger partial charge < -0.3 is 0 Å². The zero-order valence-corrected chi connectivity index (χ0v) is 14.0. The average molecular weight is 326 g/mol. The van der Waals surface area contributed by atoms with Crippen molar-refractivity contribution >= 4 is 11.2 Å². The fourth-order valence-corrected chi connectivity index (χ4v) is 2.80. The molecule has 0 atom stereocenters. The lowest BCUT2D eigenvalue weighted by Gasteiger charge is -2.06. The molecule has 4 heteroatoms. The first-order valence-electron chi connectivity index (χ1n) is 8.27. The molecule has 0 saturated carbocycles. The molecule has 25 heavy (non-hydrogen) atoms. The van der Waals surface area contributed by atoms with E-state index in [-0.39, 0.29) is 0 Å². The summed E-state index contributed by atoms with van der Waals surface area (Å²) in [5.41, 5.74) is 5.58. The Morgan fingerprint density at radius 1 is 1.04 bits per heavy atom. The summed E-state index contributed by atoms with van der Waals surface area (Å²) in [4.78, 5) is 8.74. The zero-order chi connectivity index (χ0) is 17.1. The molecule has 0 aliphatic heterocycles. The Balaban J connectivity index is 1.57. The maximum Gasteiger partial charge on any atom is 0.155 e. The number of aromatic nitrogens is 4. The summed E-state index contributed by atoms with van der Waals surface area (Å²) in [5.74, 6) is 0.828. The molecule has 0 aliphatic carbocycles. The summed E-state index contributed by atoms with van der Waals surface area (Å²) in [6, 6.07) is 18.4. The van der Waals surface area contributed by atoms with E-state index in [9.17, 15) is 0 Å². The number of hydrogen-bond acceptors (Lipinski definition) is 3. The monoisotopic (exact) mass is 326 g/mol. The van der Waals surface area contributed by atoms with Crippen molar-refractivity contribution in [3.05, 3.63) is 90.7 Å². The molecule has 122 valence electrons. The summed E-state index contributed by atoms with van der Waals surface area (Å²) in [5, 5.41) is 4.50. The van der Waals surface area contributed by atoms with Crippen LogP contribution in [0.2, 0.25) is 0 Å². The smallest absolute Gasteiger partial charge is 0.155 e. The molecule has 0 radical (unpaired) electrons. The van der Waals surface area contributed by atoms with E-state index in [0.717, 1.165) is 17.0 Å². The molecule has 0 saturated heterocycles. The molecular formula is C21H18N4. The lowest BCUT2D eigenvalue weighted by atomic mass is 10.0. The molecule has 0 unspecified atom stereocenters. The minimum atomic E-state index is 0.713. The van der Waals surface area contributed by atoms with Gasteiger partial charge in [0.15, 0.2) is 11.5 Å². The van der Waals surface area contributed by atoms with Crippen molar-refractivity contribution in [2.75, 3.05) is 0 Å². The highest BCUT2D eigenvalue weighted by atomic mass is 15.3. The number of allylic oxidation sites excluding steroid dienone is 2. The fraction of sp³-hybridized carbons (Fsp3) is 0.0952. The molecule has 0 amide bonds. The van der Waals surface area contributed by atoms with E-state index in [1.54, 1.807) is 6.20 Å². The first-order chi connectivity index (χ1) is 12.3. The van der Waals surface area contributed by atoms with Gasteiger partial charge in [-0.1, -0.05) is 36.4 Å². The third-order valence-electron chi connectivity index (χ3n) is 4.19. The van der Waals surface area contributed by atoms with Crippen LogP contribution in [0.25, 0.3) is 22.3 Å². The molecule has 0 N–H and O–H groups in total. The third-order valence-corrected chi connectivity index (χ3v) is 4.19. The van der Waals surface area contributed by atoms with Crippen LogP contribution in [0.1, 0.15) is 18.3 Å². The number of nitrogens with zero attached hydrogens (tertiary/aromatic N) is 4. The first kappa shape index (κ1) is 15.3. The Morgan fingerprint density at radius 2 is 1.96 bits per heavy atom. The van der Waals surface area contributed by atoms with Gasteiger partial charge in [-0.05, 0) is 47.9 Å². The van der Waals surface area contributed by atoms with Gasteiger partial charge in [0.1, 0.15) is 0 Å². The Labute approximate surface area is 146 Å². The lowest BCUT2D eigenvalue weighted by molar-refractivity contribution is 0.908. The molecule has 4 aromatic rings. The lowest BCUT2D eigenvalue weighted by Crippen LogP contribution is -1.89. The summed E-state index contributed by atoms with van der Waals surface area (Å²) >= 11 is 0. The van der Waals surface area contributed by atoms with Gasteiger partial charge in [0.25, 0.3) is 0 Å². The summed E-state index contributed by atoms with van der Waals surface area (Å²) in [6.45, 7) is 2.12. The van der Waals surface area contributed by atoms with Crippen molar-refractivity contribution in [3.63, 3.8) is 0 Å². The van der Waals surface area contributed by atoms with Gasteiger partial charge in [0, 0.05) is 30.6 Å². The van der Waals surface area contributed by atoms with Crippen molar-refractivity contribution < 1.29 is 0 Å². The van der Waals surface area contributed by atoms with Crippen molar-refractivity contribution in [2.45, 2.75) is 13.3 Å². The van der Waals surface area contributed by atoms with E-state index in [1.165, 1.54) is 16.7 Å². The maximum absolute atomic E-state index is 4.54. The second-order valence-electron chi connectivity index (χ2n) is 5.95. The Morgan fingerprint density at radius 3 is 2.80 bits per heavy atom. The molecule has 0 spiro atoms. The quantitative estimate of drug-likeness (QED) is 0.557. The number of fused-ring (bicyclic) bond motifs is 1. The minimum Gasteiger partial charge on any atom is -0.264 e. The van der Waals surface area contributed by atoms with Crippen LogP contribution >= 0.6 is 0 Å². The fourth-order valence-electron chi connectivity index (χ4n) is 2.80. The van der Waals surface area contributed by atoms with E-state index in [0.29, 0.717) is 6.42 Å². The van der Waals surface area contributed by atoms with Crippen LogP contribution in [-0.2, 0) is 6.42 Å². The highest BCUT2D eigenvalue weighted by Gasteiger charge is 2.03. The van der Waals surface area contributed by atoms with Crippen LogP contribution in [0.5, 0.6) is 0 Å². The largest absolute Gasteiger partial charge is 0.264 e. The van der Waals surface area contributed by atoms with Gasteiger partial charge in [-0.2, -0.15) is 5.10 Å². The molecule has 4 rings (SSSR count). The van der Waals surface area contributed by atoms with Gasteiger partial charge in [0.05, 0.1) is 0 Å². The number of rotatable bonds is 4. The molecule has 0 aliphatic rings. The van der Waals surface area contributed by atoms with Gasteiger partial charge in [0.2, 0.25) is 0 Å². The maximum atomic E-state index is 4.54. The standard InChI is InChI=1S/C21H18N4/c1-16(10-11-20-23-21-9-2-3-13-25(21)24-20)17-6-4-7-18(14-17)19-8-5-12-22-15-19/h2-10,12-15H,11H2,1H3/b16-10+. The van der Waals surface area contributed by atoms with Crippen LogP contribution in [0.4, 0.5) is 0 Å². The van der Waals surface area contributed by atoms with E-state index >= 15 is 0 Å². The molecule has 0 bridgehead atoms. The number of benzene rings is 1. The van der Waals surface area contributed by atoms with E-state index in [1.807, 2.05) is 41.2 Å². The molecule has 3 aromatic heterocycles. The van der Waals surface area contributed by atoms with Crippen LogP contribution < -0.4 is 0 Å².